The third kappa shape index (κ3) is 4.06. The predicted molar refractivity (Wildman–Crippen MR) is 105 cm³/mol. The molecule has 0 aromatic carbocycles. The van der Waals surface area contributed by atoms with Crippen molar-refractivity contribution in [3.8, 4) is 0 Å². The minimum atomic E-state index is -0.862. The number of rotatable bonds is 5. The maximum Gasteiger partial charge on any atom is 0.343 e. The molecule has 4 atom stereocenters. The van der Waals surface area contributed by atoms with Crippen LogP contribution in [0.5, 0.6) is 0 Å². The summed E-state index contributed by atoms with van der Waals surface area (Å²) in [6, 6.07) is 0. The summed E-state index contributed by atoms with van der Waals surface area (Å²) >= 11 is 0. The van der Waals surface area contributed by atoms with E-state index in [4.69, 9.17) is 23.7 Å². The van der Waals surface area contributed by atoms with Crippen LogP contribution in [-0.2, 0) is 38.1 Å². The molecular formula is C22H28O8. The second-order valence-corrected chi connectivity index (χ2v) is 8.31. The van der Waals surface area contributed by atoms with Crippen molar-refractivity contribution in [2.75, 3.05) is 13.7 Å². The highest BCUT2D eigenvalue weighted by atomic mass is 16.7. The molecule has 8 nitrogen and oxygen atoms in total. The summed E-state index contributed by atoms with van der Waals surface area (Å²) in [6.45, 7) is 10.0. The largest absolute Gasteiger partial charge is 0.461 e. The Kier molecular flexibility index (Phi) is 5.93. The van der Waals surface area contributed by atoms with Gasteiger partial charge in [0.05, 0.1) is 11.2 Å². The van der Waals surface area contributed by atoms with Gasteiger partial charge in [0.25, 0.3) is 0 Å². The Hall–Kier alpha value is -2.45. The van der Waals surface area contributed by atoms with Gasteiger partial charge in [0.2, 0.25) is 0 Å². The van der Waals surface area contributed by atoms with E-state index in [1.807, 2.05) is 13.8 Å². The number of hydrogen-bond acceptors (Lipinski definition) is 8. The van der Waals surface area contributed by atoms with E-state index in [2.05, 4.69) is 6.58 Å². The Bertz CT molecular complexity index is 853. The maximum atomic E-state index is 12.6. The molecule has 0 spiro atoms. The molecule has 3 heterocycles. The number of hydrogen-bond donors (Lipinski definition) is 0. The van der Waals surface area contributed by atoms with Crippen molar-refractivity contribution in [3.05, 3.63) is 35.1 Å². The van der Waals surface area contributed by atoms with Crippen LogP contribution in [0.2, 0.25) is 0 Å². The molecule has 30 heavy (non-hydrogen) atoms. The van der Waals surface area contributed by atoms with Gasteiger partial charge in [-0.2, -0.15) is 0 Å². The molecule has 2 bridgehead atoms. The van der Waals surface area contributed by atoms with E-state index >= 15 is 0 Å². The average Bonchev–Trinajstić information content (AvgIpc) is 3.16. The second kappa shape index (κ2) is 8.00. The van der Waals surface area contributed by atoms with Crippen molar-refractivity contribution in [3.63, 3.8) is 0 Å². The third-order valence-corrected chi connectivity index (χ3v) is 5.86. The maximum absolute atomic E-state index is 12.6. The summed E-state index contributed by atoms with van der Waals surface area (Å²) in [6.07, 6.45) is 2.51. The lowest BCUT2D eigenvalue weighted by atomic mass is 9.85. The molecular weight excluding hydrogens is 392 g/mol. The zero-order valence-corrected chi connectivity index (χ0v) is 18.0. The molecule has 1 saturated heterocycles. The number of carbonyl (C=O) groups excluding carboxylic acids is 3. The number of esters is 3. The van der Waals surface area contributed by atoms with E-state index in [-0.39, 0.29) is 29.4 Å². The van der Waals surface area contributed by atoms with Gasteiger partial charge in [-0.15, -0.1) is 0 Å². The zero-order valence-electron chi connectivity index (χ0n) is 18.0. The van der Waals surface area contributed by atoms with Crippen molar-refractivity contribution in [1.82, 2.24) is 0 Å². The van der Waals surface area contributed by atoms with Crippen LogP contribution < -0.4 is 0 Å². The van der Waals surface area contributed by atoms with Crippen LogP contribution in [0, 0.1) is 5.92 Å². The summed E-state index contributed by atoms with van der Waals surface area (Å²) in [7, 11) is 1.59. The van der Waals surface area contributed by atoms with Gasteiger partial charge in [0.15, 0.2) is 5.79 Å². The summed E-state index contributed by atoms with van der Waals surface area (Å²) in [5.41, 5.74) is 0.0314. The monoisotopic (exact) mass is 420 g/mol. The predicted octanol–water partition coefficient (Wildman–Crippen LogP) is 2.73. The Morgan fingerprint density at radius 1 is 1.30 bits per heavy atom. The highest BCUT2D eigenvalue weighted by Crippen LogP contribution is 2.49. The lowest BCUT2D eigenvalue weighted by Crippen LogP contribution is -2.42. The molecule has 0 saturated carbocycles. The van der Waals surface area contributed by atoms with E-state index in [0.717, 1.165) is 0 Å². The van der Waals surface area contributed by atoms with Crippen LogP contribution in [0.1, 0.15) is 47.0 Å². The highest BCUT2D eigenvalue weighted by molar-refractivity contribution is 5.96. The molecule has 3 rings (SSSR count). The van der Waals surface area contributed by atoms with Gasteiger partial charge in [0, 0.05) is 37.5 Å². The normalized spacial score (nSPS) is 34.7. The standard InChI is InChI=1S/C22H28O8/c1-12(2)19(24)28-16-9-13(3)22(26-6)8-7-21(5,30-22)10-17-18(16)15(20(25)29-17)11-27-14(4)23/h10,13,16H,1,7-9,11H2,2-6H3/b17-10+/t13-,16+,21-,22+/m1/s1. The van der Waals surface area contributed by atoms with Crippen LogP contribution in [0.3, 0.4) is 0 Å². The summed E-state index contributed by atoms with van der Waals surface area (Å²) in [5.74, 6) is -2.55. The lowest BCUT2D eigenvalue weighted by molar-refractivity contribution is -0.255. The number of fused-ring (bicyclic) bond motifs is 3. The van der Waals surface area contributed by atoms with Crippen LogP contribution in [0.4, 0.5) is 0 Å². The van der Waals surface area contributed by atoms with Gasteiger partial charge in [-0.3, -0.25) is 4.79 Å². The van der Waals surface area contributed by atoms with Crippen molar-refractivity contribution in [2.24, 2.45) is 5.92 Å². The molecule has 0 aliphatic carbocycles. The molecule has 164 valence electrons. The van der Waals surface area contributed by atoms with Crippen molar-refractivity contribution < 1.29 is 38.1 Å². The fourth-order valence-electron chi connectivity index (χ4n) is 4.19. The van der Waals surface area contributed by atoms with Gasteiger partial charge in [0.1, 0.15) is 18.5 Å². The lowest BCUT2D eigenvalue weighted by Gasteiger charge is -2.36. The van der Waals surface area contributed by atoms with Crippen LogP contribution in [-0.4, -0.2) is 49.1 Å². The Morgan fingerprint density at radius 3 is 2.60 bits per heavy atom. The Balaban J connectivity index is 2.13. The van der Waals surface area contributed by atoms with E-state index in [1.165, 1.54) is 6.92 Å². The van der Waals surface area contributed by atoms with Gasteiger partial charge < -0.3 is 23.7 Å². The van der Waals surface area contributed by atoms with Crippen LogP contribution >= 0.6 is 0 Å². The zero-order chi connectivity index (χ0) is 22.3. The average molecular weight is 420 g/mol. The first-order chi connectivity index (χ1) is 14.0. The number of carbonyl (C=O) groups is 3. The highest BCUT2D eigenvalue weighted by Gasteiger charge is 2.53. The number of ether oxygens (including phenoxy) is 5. The minimum absolute atomic E-state index is 0.149. The van der Waals surface area contributed by atoms with Crippen LogP contribution in [0.25, 0.3) is 0 Å². The van der Waals surface area contributed by atoms with Crippen molar-refractivity contribution in [1.29, 1.82) is 0 Å². The van der Waals surface area contributed by atoms with Crippen molar-refractivity contribution in [2.45, 2.75) is 64.4 Å². The first-order valence-electron chi connectivity index (χ1n) is 9.94. The molecule has 0 amide bonds. The van der Waals surface area contributed by atoms with Crippen molar-refractivity contribution >= 4 is 17.9 Å². The van der Waals surface area contributed by atoms with Gasteiger partial charge in [-0.1, -0.05) is 13.5 Å². The molecule has 0 aromatic rings. The molecule has 3 aliphatic rings. The molecule has 0 N–H and O–H groups in total. The summed E-state index contributed by atoms with van der Waals surface area (Å²) in [5, 5.41) is 0. The molecule has 1 fully saturated rings. The first-order valence-corrected chi connectivity index (χ1v) is 9.94. The van der Waals surface area contributed by atoms with E-state index in [1.54, 1.807) is 20.1 Å². The molecule has 0 aromatic heterocycles. The van der Waals surface area contributed by atoms with Gasteiger partial charge in [-0.25, -0.2) is 9.59 Å². The molecule has 8 heteroatoms. The SMILES string of the molecule is C=C(C)C(=O)O[C@H]1C[C@@H](C)[C@]2(OC)CC[C@](C)(/C=C3/OC(=O)C(COC(C)=O)=C31)O2. The summed E-state index contributed by atoms with van der Waals surface area (Å²) in [4.78, 5) is 36.3. The number of methoxy groups -OCH3 is 1. The first kappa shape index (κ1) is 22.2. The molecule has 0 radical (unpaired) electrons. The quantitative estimate of drug-likeness (QED) is 0.380. The minimum Gasteiger partial charge on any atom is -0.461 e. The third-order valence-electron chi connectivity index (χ3n) is 5.86. The molecule has 0 unspecified atom stereocenters. The van der Waals surface area contributed by atoms with E-state index < -0.39 is 35.4 Å². The molecule has 3 aliphatic heterocycles. The Labute approximate surface area is 175 Å². The topological polar surface area (TPSA) is 97.4 Å². The summed E-state index contributed by atoms with van der Waals surface area (Å²) < 4.78 is 28.4. The second-order valence-electron chi connectivity index (χ2n) is 8.31. The fraction of sp³-hybridized carbons (Fsp3) is 0.591. The Morgan fingerprint density at radius 2 is 2.00 bits per heavy atom. The fourth-order valence-corrected chi connectivity index (χ4v) is 4.19. The van der Waals surface area contributed by atoms with E-state index in [0.29, 0.717) is 24.8 Å². The van der Waals surface area contributed by atoms with Gasteiger partial charge >= 0.3 is 17.9 Å². The van der Waals surface area contributed by atoms with E-state index in [9.17, 15) is 14.4 Å². The smallest absolute Gasteiger partial charge is 0.343 e. The van der Waals surface area contributed by atoms with Gasteiger partial charge in [-0.05, 0) is 32.8 Å². The van der Waals surface area contributed by atoms with Crippen LogP contribution in [0.15, 0.2) is 35.1 Å².